The summed E-state index contributed by atoms with van der Waals surface area (Å²) in [6.07, 6.45) is 2.04. The van der Waals surface area contributed by atoms with Gasteiger partial charge in [0.2, 0.25) is 0 Å². The first-order valence-electron chi connectivity index (χ1n) is 9.87. The van der Waals surface area contributed by atoms with Crippen molar-refractivity contribution >= 4 is 29.9 Å². The molecular weight excluding hydrogens is 467 g/mol. The summed E-state index contributed by atoms with van der Waals surface area (Å²) >= 11 is 0. The molecule has 162 valence electrons. The topological polar surface area (TPSA) is 58.1 Å². The van der Waals surface area contributed by atoms with Crippen LogP contribution in [-0.2, 0) is 11.3 Å². The lowest BCUT2D eigenvalue weighted by Crippen LogP contribution is -2.42. The number of rotatable bonds is 12. The number of halogens is 1. The summed E-state index contributed by atoms with van der Waals surface area (Å²) in [6, 6.07) is 6.89. The summed E-state index contributed by atoms with van der Waals surface area (Å²) in [7, 11) is 5.66. The molecule has 0 amide bonds. The Hall–Kier alpha value is -1.06. The predicted molar refractivity (Wildman–Crippen MR) is 129 cm³/mol. The molecule has 28 heavy (non-hydrogen) atoms. The average Bonchev–Trinajstić information content (AvgIpc) is 2.68. The molecule has 1 aromatic carbocycles. The van der Waals surface area contributed by atoms with Crippen molar-refractivity contribution in [2.75, 3.05) is 47.5 Å². The van der Waals surface area contributed by atoms with E-state index in [2.05, 4.69) is 66.5 Å². The molecule has 0 bridgehead atoms. The Morgan fingerprint density at radius 3 is 2.64 bits per heavy atom. The molecule has 0 aliphatic rings. The Kier molecular flexibility index (Phi) is 15.2. The van der Waals surface area contributed by atoms with Gasteiger partial charge < -0.3 is 25.0 Å². The number of benzene rings is 1. The second kappa shape index (κ2) is 15.8. The lowest BCUT2D eigenvalue weighted by molar-refractivity contribution is 0.171. The van der Waals surface area contributed by atoms with Gasteiger partial charge in [-0.2, -0.15) is 0 Å². The molecule has 0 aromatic heterocycles. The number of nitrogens with one attached hydrogen (secondary N) is 2. The summed E-state index contributed by atoms with van der Waals surface area (Å²) in [5.41, 5.74) is 2.31. The SMILES string of the molecule is CCC(C)N(C)CCNC(=NC)NCc1ccc(C)cc1OCCCOC.I. The van der Waals surface area contributed by atoms with Crippen LogP contribution in [0.2, 0.25) is 0 Å². The number of hydrogen-bond donors (Lipinski definition) is 2. The molecule has 1 rings (SSSR count). The fourth-order valence-corrected chi connectivity index (χ4v) is 2.61. The molecule has 7 heteroatoms. The summed E-state index contributed by atoms with van der Waals surface area (Å²) in [5, 5.41) is 6.76. The predicted octanol–water partition coefficient (Wildman–Crippen LogP) is 3.42. The lowest BCUT2D eigenvalue weighted by Gasteiger charge is -2.24. The van der Waals surface area contributed by atoms with Gasteiger partial charge in [-0.05, 0) is 38.9 Å². The molecule has 0 heterocycles. The number of methoxy groups -OCH3 is 1. The highest BCUT2D eigenvalue weighted by molar-refractivity contribution is 14.0. The molecule has 1 unspecified atom stereocenters. The minimum atomic E-state index is 0. The Morgan fingerprint density at radius 2 is 2.00 bits per heavy atom. The minimum Gasteiger partial charge on any atom is -0.493 e. The van der Waals surface area contributed by atoms with Gasteiger partial charge in [-0.15, -0.1) is 24.0 Å². The fourth-order valence-electron chi connectivity index (χ4n) is 2.61. The largest absolute Gasteiger partial charge is 0.493 e. The van der Waals surface area contributed by atoms with Gasteiger partial charge in [-0.3, -0.25) is 4.99 Å². The normalized spacial score (nSPS) is 12.5. The Morgan fingerprint density at radius 1 is 1.25 bits per heavy atom. The van der Waals surface area contributed by atoms with E-state index in [1.807, 2.05) is 0 Å². The quantitative estimate of drug-likeness (QED) is 0.197. The van der Waals surface area contributed by atoms with Crippen molar-refractivity contribution < 1.29 is 9.47 Å². The van der Waals surface area contributed by atoms with E-state index >= 15 is 0 Å². The first-order chi connectivity index (χ1) is 13.0. The van der Waals surface area contributed by atoms with Crippen molar-refractivity contribution in [3.63, 3.8) is 0 Å². The van der Waals surface area contributed by atoms with E-state index in [1.54, 1.807) is 14.2 Å². The zero-order chi connectivity index (χ0) is 20.1. The summed E-state index contributed by atoms with van der Waals surface area (Å²) in [5.74, 6) is 1.73. The Labute approximate surface area is 188 Å². The fraction of sp³-hybridized carbons (Fsp3) is 0.667. The van der Waals surface area contributed by atoms with Crippen LogP contribution in [0.5, 0.6) is 5.75 Å². The third kappa shape index (κ3) is 10.5. The smallest absolute Gasteiger partial charge is 0.191 e. The van der Waals surface area contributed by atoms with Crippen LogP contribution in [0, 0.1) is 6.92 Å². The van der Waals surface area contributed by atoms with Crippen LogP contribution in [0.15, 0.2) is 23.2 Å². The van der Waals surface area contributed by atoms with Gasteiger partial charge in [0.05, 0.1) is 6.61 Å². The molecule has 2 N–H and O–H groups in total. The van der Waals surface area contributed by atoms with Crippen LogP contribution in [0.25, 0.3) is 0 Å². The maximum atomic E-state index is 5.95. The monoisotopic (exact) mass is 506 g/mol. The van der Waals surface area contributed by atoms with Crippen molar-refractivity contribution in [1.29, 1.82) is 0 Å². The Balaban J connectivity index is 0.00000729. The van der Waals surface area contributed by atoms with Crippen molar-refractivity contribution in [3.8, 4) is 5.75 Å². The van der Waals surface area contributed by atoms with Gasteiger partial charge in [-0.25, -0.2) is 0 Å². The van der Waals surface area contributed by atoms with Crippen LogP contribution in [0.4, 0.5) is 0 Å². The van der Waals surface area contributed by atoms with Crippen molar-refractivity contribution in [3.05, 3.63) is 29.3 Å². The molecule has 0 spiro atoms. The van der Waals surface area contributed by atoms with Gasteiger partial charge >= 0.3 is 0 Å². The minimum absolute atomic E-state index is 0. The number of ether oxygens (including phenoxy) is 2. The van der Waals surface area contributed by atoms with Crippen molar-refractivity contribution in [2.45, 2.75) is 46.2 Å². The van der Waals surface area contributed by atoms with Gasteiger partial charge in [0.25, 0.3) is 0 Å². The maximum Gasteiger partial charge on any atom is 0.191 e. The molecule has 1 aromatic rings. The highest BCUT2D eigenvalue weighted by Crippen LogP contribution is 2.20. The molecule has 0 fully saturated rings. The van der Waals surface area contributed by atoms with E-state index in [-0.39, 0.29) is 24.0 Å². The molecule has 0 radical (unpaired) electrons. The van der Waals surface area contributed by atoms with E-state index < -0.39 is 0 Å². The summed E-state index contributed by atoms with van der Waals surface area (Å²) < 4.78 is 11.0. The molecule has 0 saturated heterocycles. The van der Waals surface area contributed by atoms with Crippen molar-refractivity contribution in [2.24, 2.45) is 4.99 Å². The van der Waals surface area contributed by atoms with E-state index in [0.29, 0.717) is 25.8 Å². The zero-order valence-electron chi connectivity index (χ0n) is 18.4. The molecule has 6 nitrogen and oxygen atoms in total. The summed E-state index contributed by atoms with van der Waals surface area (Å²) in [4.78, 5) is 6.67. The second-order valence-corrected chi connectivity index (χ2v) is 6.90. The van der Waals surface area contributed by atoms with Gasteiger partial charge in [0.15, 0.2) is 5.96 Å². The molecule has 0 aliphatic carbocycles. The molecule has 0 saturated carbocycles. The first-order valence-corrected chi connectivity index (χ1v) is 9.87. The number of hydrogen-bond acceptors (Lipinski definition) is 4. The number of nitrogens with zero attached hydrogens (tertiary/aromatic N) is 2. The second-order valence-electron chi connectivity index (χ2n) is 6.90. The average molecular weight is 506 g/mol. The number of likely N-dealkylation sites (N-methyl/N-ethyl adjacent to an activating group) is 1. The van der Waals surface area contributed by atoms with Crippen LogP contribution in [0.1, 0.15) is 37.8 Å². The third-order valence-electron chi connectivity index (χ3n) is 4.74. The van der Waals surface area contributed by atoms with Crippen LogP contribution >= 0.6 is 24.0 Å². The first kappa shape index (κ1) is 26.9. The number of aryl methyl sites for hydroxylation is 1. The van der Waals surface area contributed by atoms with Gasteiger partial charge in [-0.1, -0.05) is 19.1 Å². The third-order valence-corrected chi connectivity index (χ3v) is 4.74. The van der Waals surface area contributed by atoms with Crippen LogP contribution < -0.4 is 15.4 Å². The molecule has 1 atom stereocenters. The number of aliphatic imine (C=N–C) groups is 1. The van der Waals surface area contributed by atoms with Gasteiger partial charge in [0.1, 0.15) is 5.75 Å². The van der Waals surface area contributed by atoms with E-state index in [4.69, 9.17) is 9.47 Å². The highest BCUT2D eigenvalue weighted by Gasteiger charge is 2.08. The van der Waals surface area contributed by atoms with Crippen molar-refractivity contribution in [1.82, 2.24) is 15.5 Å². The zero-order valence-corrected chi connectivity index (χ0v) is 20.7. The van der Waals surface area contributed by atoms with E-state index in [9.17, 15) is 0 Å². The van der Waals surface area contributed by atoms with Gasteiger partial charge in [0, 0.05) is 58.4 Å². The number of guanidine groups is 1. The van der Waals surface area contributed by atoms with E-state index in [1.165, 1.54) is 5.56 Å². The molecular formula is C21H39IN4O2. The summed E-state index contributed by atoms with van der Waals surface area (Å²) in [6.45, 7) is 10.4. The van der Waals surface area contributed by atoms with Crippen LogP contribution in [-0.4, -0.2) is 64.4 Å². The van der Waals surface area contributed by atoms with E-state index in [0.717, 1.165) is 43.2 Å². The Bertz CT molecular complexity index is 569. The molecule has 0 aliphatic heterocycles. The maximum absolute atomic E-state index is 5.95. The standard InChI is InChI=1S/C21H38N4O2.HI/c1-7-18(3)25(5)12-11-23-21(22-4)24-16-19-10-9-17(2)15-20(19)27-14-8-13-26-6;/h9-10,15,18H,7-8,11-14,16H2,1-6H3,(H2,22,23,24);1H. The highest BCUT2D eigenvalue weighted by atomic mass is 127. The lowest BCUT2D eigenvalue weighted by atomic mass is 10.1. The van der Waals surface area contributed by atoms with Crippen LogP contribution in [0.3, 0.4) is 0 Å².